The van der Waals surface area contributed by atoms with Gasteiger partial charge in [-0.25, -0.2) is 4.79 Å². The van der Waals surface area contributed by atoms with Crippen molar-refractivity contribution in [3.8, 4) is 0 Å². The molecule has 2 aromatic carbocycles. The number of amides is 2. The van der Waals surface area contributed by atoms with Crippen LogP contribution in [0.4, 0.5) is 0 Å². The molecule has 0 fully saturated rings. The zero-order chi connectivity index (χ0) is 18.2. The molecule has 0 atom stereocenters. The highest BCUT2D eigenvalue weighted by Gasteiger charge is 2.11. The van der Waals surface area contributed by atoms with E-state index in [1.165, 1.54) is 12.1 Å². The van der Waals surface area contributed by atoms with Gasteiger partial charge in [0.1, 0.15) is 0 Å². The fourth-order valence-electron chi connectivity index (χ4n) is 1.93. The fourth-order valence-corrected chi connectivity index (χ4v) is 2.05. The summed E-state index contributed by atoms with van der Waals surface area (Å²) in [6.45, 7) is 1.51. The summed E-state index contributed by atoms with van der Waals surface area (Å²) in [5.41, 5.74) is 6.18. The molecule has 0 unspecified atom stereocenters. The number of esters is 1. The van der Waals surface area contributed by atoms with Crippen molar-refractivity contribution in [1.29, 1.82) is 0 Å². The van der Waals surface area contributed by atoms with Crippen LogP contribution in [-0.2, 0) is 16.0 Å². The summed E-state index contributed by atoms with van der Waals surface area (Å²) in [7, 11) is 0. The van der Waals surface area contributed by atoms with Crippen LogP contribution in [-0.4, -0.2) is 24.4 Å². The Morgan fingerprint density at radius 1 is 0.920 bits per heavy atom. The Bertz CT molecular complexity index is 758. The molecule has 0 spiro atoms. The molecule has 0 radical (unpaired) electrons. The van der Waals surface area contributed by atoms with Crippen LogP contribution in [0.5, 0.6) is 0 Å². The summed E-state index contributed by atoms with van der Waals surface area (Å²) < 4.78 is 4.90. The molecule has 0 aliphatic rings. The Hall–Kier alpha value is -2.86. The molecular weight excluding hydrogens is 344 g/mol. The van der Waals surface area contributed by atoms with Crippen molar-refractivity contribution in [3.63, 3.8) is 0 Å². The Kier molecular flexibility index (Phi) is 6.54. The number of hydrogen-bond acceptors (Lipinski definition) is 4. The topological polar surface area (TPSA) is 84.5 Å². The van der Waals surface area contributed by atoms with Gasteiger partial charge in [-0.15, -0.1) is 0 Å². The molecule has 0 aliphatic heterocycles. The minimum absolute atomic E-state index is 0.331. The lowest BCUT2D eigenvalue weighted by molar-refractivity contribution is -0.125. The molecule has 0 aromatic heterocycles. The quantitative estimate of drug-likeness (QED) is 0.634. The molecule has 2 amide bonds. The third-order valence-corrected chi connectivity index (χ3v) is 3.61. The van der Waals surface area contributed by atoms with Crippen LogP contribution in [0.2, 0.25) is 5.02 Å². The average Bonchev–Trinajstić information content (AvgIpc) is 2.64. The van der Waals surface area contributed by atoms with Gasteiger partial charge in [-0.05, 0) is 48.4 Å². The van der Waals surface area contributed by atoms with E-state index in [1.807, 2.05) is 19.1 Å². The second kappa shape index (κ2) is 8.84. The number of carbonyl (C=O) groups excluding carboxylic acids is 3. The smallest absolute Gasteiger partial charge is 0.338 e. The minimum Gasteiger partial charge on any atom is -0.452 e. The standard InChI is InChI=1S/C18H17ClN2O4/c1-2-12-3-5-14(6-4-12)18(24)25-11-16(22)20-21-17(23)13-7-9-15(19)10-8-13/h3-10H,2,11H2,1H3,(H,20,22)(H,21,23). The average molecular weight is 361 g/mol. The number of nitrogens with one attached hydrogen (secondary N) is 2. The van der Waals surface area contributed by atoms with E-state index in [0.29, 0.717) is 16.1 Å². The van der Waals surface area contributed by atoms with Crippen molar-refractivity contribution in [1.82, 2.24) is 10.9 Å². The maximum atomic E-state index is 11.8. The van der Waals surface area contributed by atoms with Crippen molar-refractivity contribution in [3.05, 3.63) is 70.2 Å². The Morgan fingerprint density at radius 3 is 2.12 bits per heavy atom. The molecule has 2 rings (SSSR count). The van der Waals surface area contributed by atoms with E-state index in [4.69, 9.17) is 16.3 Å². The van der Waals surface area contributed by atoms with Gasteiger partial charge in [-0.1, -0.05) is 30.7 Å². The van der Waals surface area contributed by atoms with Gasteiger partial charge in [0.15, 0.2) is 6.61 Å². The number of aryl methyl sites for hydroxylation is 1. The molecule has 0 aliphatic carbocycles. The van der Waals surface area contributed by atoms with Gasteiger partial charge in [0, 0.05) is 10.6 Å². The van der Waals surface area contributed by atoms with Gasteiger partial charge >= 0.3 is 5.97 Å². The largest absolute Gasteiger partial charge is 0.452 e. The highest BCUT2D eigenvalue weighted by atomic mass is 35.5. The van der Waals surface area contributed by atoms with E-state index in [9.17, 15) is 14.4 Å². The maximum absolute atomic E-state index is 11.8. The first-order valence-corrected chi connectivity index (χ1v) is 7.98. The van der Waals surface area contributed by atoms with E-state index in [-0.39, 0.29) is 0 Å². The lowest BCUT2D eigenvalue weighted by atomic mass is 10.1. The predicted molar refractivity (Wildman–Crippen MR) is 93.2 cm³/mol. The van der Waals surface area contributed by atoms with Crippen LogP contribution < -0.4 is 10.9 Å². The second-order valence-electron chi connectivity index (χ2n) is 5.14. The third kappa shape index (κ3) is 5.61. The van der Waals surface area contributed by atoms with E-state index >= 15 is 0 Å². The van der Waals surface area contributed by atoms with Crippen LogP contribution in [0.25, 0.3) is 0 Å². The van der Waals surface area contributed by atoms with Crippen molar-refractivity contribution in [2.24, 2.45) is 0 Å². The number of hydrazine groups is 1. The lowest BCUT2D eigenvalue weighted by Crippen LogP contribution is -2.43. The van der Waals surface area contributed by atoms with E-state index in [1.54, 1.807) is 24.3 Å². The van der Waals surface area contributed by atoms with Crippen molar-refractivity contribution >= 4 is 29.4 Å². The zero-order valence-electron chi connectivity index (χ0n) is 13.5. The summed E-state index contributed by atoms with van der Waals surface area (Å²) in [6.07, 6.45) is 0.866. The van der Waals surface area contributed by atoms with Crippen molar-refractivity contribution in [2.75, 3.05) is 6.61 Å². The molecule has 25 heavy (non-hydrogen) atoms. The van der Waals surface area contributed by atoms with Crippen LogP contribution in [0.1, 0.15) is 33.2 Å². The molecule has 2 N–H and O–H groups in total. The van der Waals surface area contributed by atoms with Gasteiger partial charge < -0.3 is 4.74 Å². The lowest BCUT2D eigenvalue weighted by Gasteiger charge is -2.08. The summed E-state index contributed by atoms with van der Waals surface area (Å²) in [4.78, 5) is 35.3. The molecule has 0 heterocycles. The van der Waals surface area contributed by atoms with Crippen LogP contribution in [0.15, 0.2) is 48.5 Å². The molecule has 0 bridgehead atoms. The van der Waals surface area contributed by atoms with Gasteiger partial charge in [-0.3, -0.25) is 20.4 Å². The maximum Gasteiger partial charge on any atom is 0.338 e. The molecule has 2 aromatic rings. The summed E-state index contributed by atoms with van der Waals surface area (Å²) in [5.74, 6) is -1.77. The van der Waals surface area contributed by atoms with Crippen molar-refractivity contribution < 1.29 is 19.1 Å². The fraction of sp³-hybridized carbons (Fsp3) is 0.167. The van der Waals surface area contributed by atoms with E-state index in [0.717, 1.165) is 12.0 Å². The SMILES string of the molecule is CCc1ccc(C(=O)OCC(=O)NNC(=O)c2ccc(Cl)cc2)cc1. The van der Waals surface area contributed by atoms with Gasteiger partial charge in [0.25, 0.3) is 11.8 Å². The molecule has 7 heteroatoms. The number of carbonyl (C=O) groups is 3. The monoisotopic (exact) mass is 360 g/mol. The Labute approximate surface area is 150 Å². The van der Waals surface area contributed by atoms with Gasteiger partial charge in [0.2, 0.25) is 0 Å². The summed E-state index contributed by atoms with van der Waals surface area (Å²) >= 11 is 5.73. The third-order valence-electron chi connectivity index (χ3n) is 3.35. The molecule has 0 saturated heterocycles. The second-order valence-corrected chi connectivity index (χ2v) is 5.57. The molecule has 6 nitrogen and oxygen atoms in total. The zero-order valence-corrected chi connectivity index (χ0v) is 14.3. The van der Waals surface area contributed by atoms with Gasteiger partial charge in [0.05, 0.1) is 5.56 Å². The molecule has 0 saturated carbocycles. The molecular formula is C18H17ClN2O4. The highest BCUT2D eigenvalue weighted by Crippen LogP contribution is 2.09. The predicted octanol–water partition coefficient (Wildman–Crippen LogP) is 2.52. The number of halogens is 1. The Morgan fingerprint density at radius 2 is 1.52 bits per heavy atom. The summed E-state index contributed by atoms with van der Waals surface area (Å²) in [5, 5.41) is 0.500. The molecule has 130 valence electrons. The van der Waals surface area contributed by atoms with Crippen molar-refractivity contribution in [2.45, 2.75) is 13.3 Å². The number of ether oxygens (including phenoxy) is 1. The number of benzene rings is 2. The number of rotatable bonds is 5. The Balaban J connectivity index is 1.77. The van der Waals surface area contributed by atoms with Crippen LogP contribution >= 0.6 is 11.6 Å². The normalized spacial score (nSPS) is 10.0. The van der Waals surface area contributed by atoms with Crippen LogP contribution in [0.3, 0.4) is 0 Å². The summed E-state index contributed by atoms with van der Waals surface area (Å²) in [6, 6.07) is 13.1. The number of hydrogen-bond donors (Lipinski definition) is 2. The van der Waals surface area contributed by atoms with E-state index in [2.05, 4.69) is 10.9 Å². The minimum atomic E-state index is -0.652. The van der Waals surface area contributed by atoms with Gasteiger partial charge in [-0.2, -0.15) is 0 Å². The first-order chi connectivity index (χ1) is 12.0. The first kappa shape index (κ1) is 18.5. The van der Waals surface area contributed by atoms with E-state index < -0.39 is 24.4 Å². The highest BCUT2D eigenvalue weighted by molar-refractivity contribution is 6.30. The van der Waals surface area contributed by atoms with Crippen LogP contribution in [0, 0.1) is 0 Å². The first-order valence-electron chi connectivity index (χ1n) is 7.60.